The number of benzene rings is 2. The quantitative estimate of drug-likeness (QED) is 0.549. The zero-order valence-electron chi connectivity index (χ0n) is 17.4. The molecule has 0 amide bonds. The molecule has 1 aliphatic rings. The molecule has 3 heterocycles. The maximum atomic E-state index is 12.7. The second-order valence-corrected chi connectivity index (χ2v) is 7.78. The molecule has 1 fully saturated rings. The van der Waals surface area contributed by atoms with Gasteiger partial charge in [-0.1, -0.05) is 48.5 Å². The van der Waals surface area contributed by atoms with Crippen molar-refractivity contribution in [1.82, 2.24) is 19.1 Å². The van der Waals surface area contributed by atoms with Gasteiger partial charge in [-0.15, -0.1) is 0 Å². The van der Waals surface area contributed by atoms with E-state index in [2.05, 4.69) is 26.9 Å². The summed E-state index contributed by atoms with van der Waals surface area (Å²) < 4.78 is 3.34. The molecule has 1 saturated heterocycles. The zero-order chi connectivity index (χ0) is 21.4. The average molecular weight is 416 g/mol. The predicted molar refractivity (Wildman–Crippen MR) is 122 cm³/mol. The van der Waals surface area contributed by atoms with E-state index in [9.17, 15) is 9.59 Å². The summed E-state index contributed by atoms with van der Waals surface area (Å²) in [5.74, 6) is 0.721. The van der Waals surface area contributed by atoms with Gasteiger partial charge < -0.3 is 9.80 Å². The molecule has 158 valence electrons. The lowest BCUT2D eigenvalue weighted by Gasteiger charge is -2.36. The molecule has 0 unspecified atom stereocenters. The van der Waals surface area contributed by atoms with Crippen LogP contribution in [0.2, 0.25) is 0 Å². The molecule has 1 N–H and O–H groups in total. The number of anilines is 2. The highest BCUT2D eigenvalue weighted by molar-refractivity contribution is 5.74. The highest BCUT2D eigenvalue weighted by atomic mass is 16.2. The number of aromatic amines is 1. The van der Waals surface area contributed by atoms with Crippen LogP contribution >= 0.6 is 0 Å². The van der Waals surface area contributed by atoms with E-state index in [1.165, 1.54) is 10.3 Å². The average Bonchev–Trinajstić information content (AvgIpc) is 3.19. The van der Waals surface area contributed by atoms with Gasteiger partial charge in [0.25, 0.3) is 5.56 Å². The summed E-state index contributed by atoms with van der Waals surface area (Å²) >= 11 is 0. The number of fused-ring (bicyclic) bond motifs is 1. The molecular weight excluding hydrogens is 392 g/mol. The van der Waals surface area contributed by atoms with Crippen molar-refractivity contribution in [3.05, 3.63) is 87.1 Å². The first-order chi connectivity index (χ1) is 15.1. The summed E-state index contributed by atoms with van der Waals surface area (Å²) in [5, 5.41) is 0. The minimum absolute atomic E-state index is 0.407. The van der Waals surface area contributed by atoms with E-state index in [0.717, 1.165) is 37.7 Å². The van der Waals surface area contributed by atoms with Gasteiger partial charge in [0.2, 0.25) is 5.95 Å². The number of hydrogen-bond acceptors (Lipinski definition) is 5. The van der Waals surface area contributed by atoms with Crippen molar-refractivity contribution >= 4 is 22.8 Å². The molecule has 4 aromatic rings. The van der Waals surface area contributed by atoms with Crippen molar-refractivity contribution in [1.29, 1.82) is 0 Å². The zero-order valence-corrected chi connectivity index (χ0v) is 17.4. The van der Waals surface area contributed by atoms with Crippen LogP contribution in [0.5, 0.6) is 0 Å². The highest BCUT2D eigenvalue weighted by Crippen LogP contribution is 2.24. The van der Waals surface area contributed by atoms with Crippen molar-refractivity contribution in [2.75, 3.05) is 36.0 Å². The molecule has 5 rings (SSSR count). The third-order valence-corrected chi connectivity index (χ3v) is 5.85. The Labute approximate surface area is 179 Å². The Balaban J connectivity index is 1.54. The van der Waals surface area contributed by atoms with Gasteiger partial charge >= 0.3 is 5.69 Å². The number of para-hydroxylation sites is 1. The number of rotatable bonds is 4. The molecule has 0 bridgehead atoms. The van der Waals surface area contributed by atoms with Crippen molar-refractivity contribution < 1.29 is 0 Å². The molecule has 0 atom stereocenters. The van der Waals surface area contributed by atoms with Crippen LogP contribution in [0.25, 0.3) is 11.2 Å². The van der Waals surface area contributed by atoms with E-state index >= 15 is 0 Å². The standard InChI is InChI=1S/C23H24N6O2/c1-26-20-19(21(30)25-23(26)31)29(16-17-8-4-2-5-9-17)22(24-20)28-14-12-27(13-15-28)18-10-6-3-7-11-18/h2-11H,12-16H2,1H3,(H,25,30,31). The van der Waals surface area contributed by atoms with E-state index in [1.807, 2.05) is 53.1 Å². The maximum Gasteiger partial charge on any atom is 0.329 e. The number of aryl methyl sites for hydroxylation is 1. The van der Waals surface area contributed by atoms with Crippen molar-refractivity contribution in [2.45, 2.75) is 6.54 Å². The van der Waals surface area contributed by atoms with Crippen LogP contribution in [-0.2, 0) is 13.6 Å². The summed E-state index contributed by atoms with van der Waals surface area (Å²) in [6.07, 6.45) is 0. The van der Waals surface area contributed by atoms with Crippen LogP contribution in [0.3, 0.4) is 0 Å². The maximum absolute atomic E-state index is 12.7. The number of imidazole rings is 1. The summed E-state index contributed by atoms with van der Waals surface area (Å²) in [7, 11) is 1.64. The van der Waals surface area contributed by atoms with E-state index in [1.54, 1.807) is 7.05 Å². The molecule has 0 radical (unpaired) electrons. The van der Waals surface area contributed by atoms with Gasteiger partial charge in [0, 0.05) is 38.9 Å². The number of nitrogens with zero attached hydrogens (tertiary/aromatic N) is 5. The third-order valence-electron chi connectivity index (χ3n) is 5.85. The van der Waals surface area contributed by atoms with E-state index in [0.29, 0.717) is 17.7 Å². The number of piperazine rings is 1. The Kier molecular flexibility index (Phi) is 4.82. The van der Waals surface area contributed by atoms with E-state index in [-0.39, 0.29) is 0 Å². The number of nitrogens with one attached hydrogen (secondary N) is 1. The molecule has 2 aromatic heterocycles. The number of hydrogen-bond donors (Lipinski definition) is 1. The van der Waals surface area contributed by atoms with Crippen LogP contribution < -0.4 is 21.0 Å². The van der Waals surface area contributed by atoms with Crippen molar-refractivity contribution in [3.8, 4) is 0 Å². The molecule has 8 heteroatoms. The Morgan fingerprint density at radius 2 is 1.48 bits per heavy atom. The summed E-state index contributed by atoms with van der Waals surface area (Å²) in [5.41, 5.74) is 2.24. The first-order valence-corrected chi connectivity index (χ1v) is 10.4. The molecule has 0 spiro atoms. The lowest BCUT2D eigenvalue weighted by atomic mass is 10.2. The van der Waals surface area contributed by atoms with Gasteiger partial charge in [-0.25, -0.2) is 4.79 Å². The summed E-state index contributed by atoms with van der Waals surface area (Å²) in [4.78, 5) is 36.6. The Hall–Kier alpha value is -3.81. The Bertz CT molecular complexity index is 1320. The first kappa shape index (κ1) is 19.2. The monoisotopic (exact) mass is 416 g/mol. The normalized spacial score (nSPS) is 14.4. The van der Waals surface area contributed by atoms with Crippen LogP contribution in [0.4, 0.5) is 11.6 Å². The van der Waals surface area contributed by atoms with Crippen LogP contribution in [0.15, 0.2) is 70.3 Å². The van der Waals surface area contributed by atoms with Gasteiger partial charge in [0.1, 0.15) is 0 Å². The predicted octanol–water partition coefficient (Wildman–Crippen LogP) is 1.80. The fourth-order valence-electron chi connectivity index (χ4n) is 4.18. The minimum Gasteiger partial charge on any atom is -0.368 e. The van der Waals surface area contributed by atoms with Gasteiger partial charge in [-0.3, -0.25) is 18.9 Å². The SMILES string of the molecule is Cn1c(=O)[nH]c(=O)c2c1nc(N1CCN(c3ccccc3)CC1)n2Cc1ccccc1. The lowest BCUT2D eigenvalue weighted by Crippen LogP contribution is -2.47. The number of aromatic nitrogens is 4. The lowest BCUT2D eigenvalue weighted by molar-refractivity contribution is 0.625. The van der Waals surface area contributed by atoms with Crippen LogP contribution in [0.1, 0.15) is 5.56 Å². The van der Waals surface area contributed by atoms with Gasteiger partial charge in [0.05, 0.1) is 6.54 Å². The third kappa shape index (κ3) is 3.50. The molecule has 2 aromatic carbocycles. The molecular formula is C23H24N6O2. The molecule has 31 heavy (non-hydrogen) atoms. The molecule has 0 saturated carbocycles. The fraction of sp³-hybridized carbons (Fsp3) is 0.261. The number of H-pyrrole nitrogens is 1. The van der Waals surface area contributed by atoms with Crippen molar-refractivity contribution in [2.24, 2.45) is 7.05 Å². The summed E-state index contributed by atoms with van der Waals surface area (Å²) in [6, 6.07) is 20.3. The highest BCUT2D eigenvalue weighted by Gasteiger charge is 2.25. The molecule has 1 aliphatic heterocycles. The van der Waals surface area contributed by atoms with Crippen molar-refractivity contribution in [3.63, 3.8) is 0 Å². The van der Waals surface area contributed by atoms with Gasteiger partial charge in [-0.05, 0) is 17.7 Å². The van der Waals surface area contributed by atoms with E-state index in [4.69, 9.17) is 4.98 Å². The first-order valence-electron chi connectivity index (χ1n) is 10.4. The second-order valence-electron chi connectivity index (χ2n) is 7.78. The van der Waals surface area contributed by atoms with Gasteiger partial charge in [-0.2, -0.15) is 4.98 Å². The van der Waals surface area contributed by atoms with Gasteiger partial charge in [0.15, 0.2) is 11.2 Å². The summed E-state index contributed by atoms with van der Waals surface area (Å²) in [6.45, 7) is 3.77. The Morgan fingerprint density at radius 1 is 0.871 bits per heavy atom. The Morgan fingerprint density at radius 3 is 2.16 bits per heavy atom. The molecule has 8 nitrogen and oxygen atoms in total. The van der Waals surface area contributed by atoms with E-state index < -0.39 is 11.2 Å². The second kappa shape index (κ2) is 7.79. The van der Waals surface area contributed by atoms with Crippen LogP contribution in [0, 0.1) is 0 Å². The fourth-order valence-corrected chi connectivity index (χ4v) is 4.18. The topological polar surface area (TPSA) is 79.2 Å². The minimum atomic E-state index is -0.456. The van der Waals surface area contributed by atoms with Crippen LogP contribution in [-0.4, -0.2) is 45.3 Å². The smallest absolute Gasteiger partial charge is 0.329 e. The largest absolute Gasteiger partial charge is 0.368 e. The molecule has 0 aliphatic carbocycles.